The van der Waals surface area contributed by atoms with E-state index in [0.717, 1.165) is 4.90 Å². The fourth-order valence-corrected chi connectivity index (χ4v) is 5.95. The highest BCUT2D eigenvalue weighted by molar-refractivity contribution is 7.93. The molecule has 2 heterocycles. The van der Waals surface area contributed by atoms with E-state index in [2.05, 4.69) is 0 Å². The van der Waals surface area contributed by atoms with Crippen LogP contribution in [0.15, 0.2) is 71.9 Å². The van der Waals surface area contributed by atoms with Crippen molar-refractivity contribution in [3.8, 4) is 0 Å². The summed E-state index contributed by atoms with van der Waals surface area (Å²) >= 11 is 0. The lowest BCUT2D eigenvalue weighted by molar-refractivity contribution is -0.159. The summed E-state index contributed by atoms with van der Waals surface area (Å²) < 4.78 is 37.0. The summed E-state index contributed by atoms with van der Waals surface area (Å²) in [5, 5.41) is -1.45. The van der Waals surface area contributed by atoms with Crippen LogP contribution in [-0.4, -0.2) is 55.0 Å². The van der Waals surface area contributed by atoms with Crippen LogP contribution < -0.4 is 0 Å². The van der Waals surface area contributed by atoms with Crippen LogP contribution in [0.1, 0.15) is 27.6 Å². The number of amides is 1. The third-order valence-corrected chi connectivity index (χ3v) is 7.50. The summed E-state index contributed by atoms with van der Waals surface area (Å²) in [5.41, 5.74) is -1.43. The zero-order valence-corrected chi connectivity index (χ0v) is 17.5. The number of benzene rings is 2. The number of allylic oxidation sites excluding steroid dienone is 1. The van der Waals surface area contributed by atoms with Crippen LogP contribution in [0.4, 0.5) is 0 Å². The Morgan fingerprint density at radius 1 is 0.935 bits per heavy atom. The van der Waals surface area contributed by atoms with Gasteiger partial charge in [0.1, 0.15) is 0 Å². The van der Waals surface area contributed by atoms with Crippen molar-refractivity contribution in [3.05, 3.63) is 83.1 Å². The number of ketones is 1. The molecule has 1 unspecified atom stereocenters. The molecular formula is C22H19NO7S. The highest BCUT2D eigenvalue weighted by atomic mass is 32.2. The summed E-state index contributed by atoms with van der Waals surface area (Å²) in [4.78, 5) is 39.4. The van der Waals surface area contributed by atoms with Gasteiger partial charge >= 0.3 is 5.97 Å². The third-order valence-electron chi connectivity index (χ3n) is 5.33. The van der Waals surface area contributed by atoms with Crippen molar-refractivity contribution < 1.29 is 32.3 Å². The minimum Gasteiger partial charge on any atom is -0.438 e. The van der Waals surface area contributed by atoms with E-state index in [9.17, 15) is 22.8 Å². The van der Waals surface area contributed by atoms with Crippen LogP contribution in [-0.2, 0) is 24.1 Å². The maximum absolute atomic E-state index is 13.3. The first-order valence-corrected chi connectivity index (χ1v) is 11.0. The Morgan fingerprint density at radius 2 is 1.48 bits per heavy atom. The third kappa shape index (κ3) is 3.26. The van der Waals surface area contributed by atoms with E-state index in [1.807, 2.05) is 0 Å². The lowest BCUT2D eigenvalue weighted by Gasteiger charge is -2.50. The van der Waals surface area contributed by atoms with E-state index in [-0.39, 0.29) is 22.4 Å². The van der Waals surface area contributed by atoms with E-state index >= 15 is 0 Å². The van der Waals surface area contributed by atoms with E-state index in [1.165, 1.54) is 26.2 Å². The van der Waals surface area contributed by atoms with E-state index < -0.39 is 44.4 Å². The molecule has 0 spiro atoms. The topological polar surface area (TPSA) is 107 Å². The van der Waals surface area contributed by atoms with Gasteiger partial charge in [0.2, 0.25) is 21.1 Å². The Kier molecular flexibility index (Phi) is 5.24. The molecule has 0 saturated carbocycles. The summed E-state index contributed by atoms with van der Waals surface area (Å²) in [5.74, 6) is -2.03. The van der Waals surface area contributed by atoms with Gasteiger partial charge in [0.05, 0.1) is 11.3 Å². The molecule has 0 bridgehead atoms. The number of rotatable bonds is 5. The monoisotopic (exact) mass is 441 g/mol. The molecule has 3 atom stereocenters. The van der Waals surface area contributed by atoms with Crippen molar-refractivity contribution in [2.45, 2.75) is 23.8 Å². The Hall–Kier alpha value is -3.30. The maximum atomic E-state index is 13.3. The van der Waals surface area contributed by atoms with Gasteiger partial charge < -0.3 is 9.47 Å². The number of hydrogen-bond acceptors (Lipinski definition) is 7. The Labute approximate surface area is 179 Å². The van der Waals surface area contributed by atoms with Gasteiger partial charge in [-0.05, 0) is 19.1 Å². The molecule has 160 valence electrons. The number of ether oxygens (including phenoxy) is 2. The second-order valence-electron chi connectivity index (χ2n) is 7.17. The molecule has 2 aromatic carbocycles. The van der Waals surface area contributed by atoms with Crippen LogP contribution in [0, 0.1) is 0 Å². The quantitative estimate of drug-likeness (QED) is 0.396. The SMILES string of the molecule is CO[C@H]1C(=O)N2C(C(=O)c3ccccc3)=C(C)C(OC(=O)c3ccccc3)S(=O)(=O)[C@@H]12. The zero-order chi connectivity index (χ0) is 22.3. The predicted octanol–water partition coefficient (Wildman–Crippen LogP) is 1.94. The fourth-order valence-electron chi connectivity index (χ4n) is 3.80. The molecule has 31 heavy (non-hydrogen) atoms. The fraction of sp³-hybridized carbons (Fsp3) is 0.227. The van der Waals surface area contributed by atoms with E-state index in [4.69, 9.17) is 9.47 Å². The van der Waals surface area contributed by atoms with Crippen LogP contribution >= 0.6 is 0 Å². The molecule has 2 aromatic rings. The van der Waals surface area contributed by atoms with Crippen LogP contribution in [0.2, 0.25) is 0 Å². The largest absolute Gasteiger partial charge is 0.438 e. The van der Waals surface area contributed by atoms with E-state index in [0.29, 0.717) is 0 Å². The number of carbonyl (C=O) groups is 3. The highest BCUT2D eigenvalue weighted by Gasteiger charge is 2.63. The second-order valence-corrected chi connectivity index (χ2v) is 9.26. The minimum absolute atomic E-state index is 0.0303. The predicted molar refractivity (Wildman–Crippen MR) is 109 cm³/mol. The first-order chi connectivity index (χ1) is 14.8. The molecule has 2 aliphatic rings. The van der Waals surface area contributed by atoms with E-state index in [1.54, 1.807) is 48.5 Å². The van der Waals surface area contributed by atoms with Gasteiger partial charge in [0, 0.05) is 18.2 Å². The molecule has 0 aromatic heterocycles. The molecule has 8 nitrogen and oxygen atoms in total. The van der Waals surface area contributed by atoms with Crippen LogP contribution in [0.3, 0.4) is 0 Å². The van der Waals surface area contributed by atoms with Gasteiger partial charge in [-0.3, -0.25) is 14.5 Å². The molecule has 1 fully saturated rings. The summed E-state index contributed by atoms with van der Waals surface area (Å²) in [7, 11) is -3.02. The zero-order valence-electron chi connectivity index (χ0n) is 16.7. The van der Waals surface area contributed by atoms with Gasteiger partial charge in [0.15, 0.2) is 11.5 Å². The molecule has 2 aliphatic heterocycles. The number of nitrogens with zero attached hydrogens (tertiary/aromatic N) is 1. The minimum atomic E-state index is -4.23. The molecule has 1 amide bonds. The molecule has 0 radical (unpaired) electrons. The van der Waals surface area contributed by atoms with Crippen molar-refractivity contribution in [1.82, 2.24) is 4.90 Å². The number of β-lactam (4-membered cyclic amide) rings is 1. The Balaban J connectivity index is 1.82. The number of Topliss-reactive ketones (excluding diaryl/α,β-unsaturated/α-hetero) is 1. The van der Waals surface area contributed by atoms with Crippen molar-refractivity contribution in [2.24, 2.45) is 0 Å². The number of methoxy groups -OCH3 is 1. The van der Waals surface area contributed by atoms with Gasteiger partial charge in [-0.25, -0.2) is 13.2 Å². The first-order valence-electron chi connectivity index (χ1n) is 9.44. The van der Waals surface area contributed by atoms with Crippen LogP contribution in [0.5, 0.6) is 0 Å². The lowest BCUT2D eigenvalue weighted by atomic mass is 9.98. The van der Waals surface area contributed by atoms with Crippen molar-refractivity contribution in [1.29, 1.82) is 0 Å². The number of sulfone groups is 1. The summed E-state index contributed by atoms with van der Waals surface area (Å²) in [6, 6.07) is 16.1. The Bertz CT molecular complexity index is 1190. The summed E-state index contributed by atoms with van der Waals surface area (Å²) in [6.45, 7) is 1.38. The average Bonchev–Trinajstić information content (AvgIpc) is 2.78. The Morgan fingerprint density at radius 3 is 2.03 bits per heavy atom. The average molecular weight is 441 g/mol. The number of esters is 1. The number of carbonyl (C=O) groups excluding carboxylic acids is 3. The van der Waals surface area contributed by atoms with Crippen molar-refractivity contribution in [2.75, 3.05) is 7.11 Å². The standard InChI is InChI=1S/C22H19NO7S/c1-13-16(17(24)14-9-5-3-6-10-14)23-19(25)18(29-2)20(23)31(27,28)22(13)30-21(26)15-11-7-4-8-12-15/h3-12,18,20,22H,1-2H3/t18-,20-,22?/m0/s1. The number of hydrogen-bond donors (Lipinski definition) is 0. The van der Waals surface area contributed by atoms with Gasteiger partial charge in [-0.15, -0.1) is 0 Å². The molecule has 0 N–H and O–H groups in total. The van der Waals surface area contributed by atoms with Gasteiger partial charge in [0.25, 0.3) is 5.91 Å². The summed E-state index contributed by atoms with van der Waals surface area (Å²) in [6.07, 6.45) is -1.28. The van der Waals surface area contributed by atoms with Crippen molar-refractivity contribution >= 4 is 27.5 Å². The van der Waals surface area contributed by atoms with Crippen molar-refractivity contribution in [3.63, 3.8) is 0 Å². The molecular weight excluding hydrogens is 422 g/mol. The molecule has 1 saturated heterocycles. The smallest absolute Gasteiger partial charge is 0.339 e. The molecule has 9 heteroatoms. The second kappa shape index (κ2) is 7.75. The normalized spacial score (nSPS) is 24.3. The molecule has 0 aliphatic carbocycles. The van der Waals surface area contributed by atoms with Crippen LogP contribution in [0.25, 0.3) is 0 Å². The highest BCUT2D eigenvalue weighted by Crippen LogP contribution is 2.42. The maximum Gasteiger partial charge on any atom is 0.339 e. The van der Waals surface area contributed by atoms with Gasteiger partial charge in [-0.2, -0.15) is 0 Å². The number of fused-ring (bicyclic) bond motifs is 1. The first kappa shape index (κ1) is 21.0. The molecule has 4 rings (SSSR count). The lowest BCUT2D eigenvalue weighted by Crippen LogP contribution is -2.72. The van der Waals surface area contributed by atoms with Gasteiger partial charge in [-0.1, -0.05) is 48.5 Å².